The molecule has 1 fully saturated rings. The van der Waals surface area contributed by atoms with Crippen LogP contribution in [0.2, 0.25) is 0 Å². The fourth-order valence-corrected chi connectivity index (χ4v) is 2.27. The molecule has 2 nitrogen and oxygen atoms in total. The largest absolute Gasteiger partial charge is 0.317 e. The molecule has 0 amide bonds. The van der Waals surface area contributed by atoms with E-state index in [0.29, 0.717) is 5.41 Å². The van der Waals surface area contributed by atoms with E-state index in [0.717, 1.165) is 0 Å². The zero-order valence-electron chi connectivity index (χ0n) is 11.5. The lowest BCUT2D eigenvalue weighted by Crippen LogP contribution is -2.37. The Hall–Kier alpha value is -0.0800. The van der Waals surface area contributed by atoms with E-state index < -0.39 is 0 Å². The molecule has 1 saturated heterocycles. The molecular weight excluding hydrogens is 196 g/mol. The molecule has 96 valence electrons. The maximum atomic E-state index is 3.47. The third-order valence-electron chi connectivity index (χ3n) is 3.71. The Kier molecular flexibility index (Phi) is 6.37. The minimum Gasteiger partial charge on any atom is -0.317 e. The normalized spacial score (nSPS) is 21.2. The number of unbranched alkanes of at least 4 members (excludes halogenated alkanes) is 1. The lowest BCUT2D eigenvalue weighted by atomic mass is 9.82. The molecule has 0 unspecified atom stereocenters. The van der Waals surface area contributed by atoms with E-state index in [2.05, 4.69) is 31.0 Å². The highest BCUT2D eigenvalue weighted by atomic mass is 15.1. The number of piperidine rings is 1. The van der Waals surface area contributed by atoms with Gasteiger partial charge in [0, 0.05) is 0 Å². The van der Waals surface area contributed by atoms with Crippen LogP contribution in [0.3, 0.4) is 0 Å². The standard InChI is InChI=1S/C14H30N2/c1-4-9-15-10-5-6-11-16-12-7-14(2,3)8-13-16/h15H,4-13H2,1-3H3. The predicted molar refractivity (Wildman–Crippen MR) is 71.8 cm³/mol. The maximum Gasteiger partial charge on any atom is -0.00136 e. The summed E-state index contributed by atoms with van der Waals surface area (Å²) in [6.07, 6.45) is 6.69. The molecule has 1 heterocycles. The summed E-state index contributed by atoms with van der Waals surface area (Å²) in [6.45, 7) is 13.3. The third-order valence-corrected chi connectivity index (χ3v) is 3.71. The molecule has 0 spiro atoms. The average Bonchev–Trinajstić information content (AvgIpc) is 2.25. The lowest BCUT2D eigenvalue weighted by molar-refractivity contribution is 0.131. The number of likely N-dealkylation sites (tertiary alicyclic amines) is 1. The second-order valence-electron chi connectivity index (χ2n) is 5.96. The van der Waals surface area contributed by atoms with E-state index >= 15 is 0 Å². The molecule has 0 bridgehead atoms. The number of nitrogens with zero attached hydrogens (tertiary/aromatic N) is 1. The van der Waals surface area contributed by atoms with Gasteiger partial charge in [0.1, 0.15) is 0 Å². The van der Waals surface area contributed by atoms with Crippen molar-refractivity contribution in [3.8, 4) is 0 Å². The Morgan fingerprint density at radius 2 is 1.75 bits per heavy atom. The van der Waals surface area contributed by atoms with Crippen molar-refractivity contribution in [1.29, 1.82) is 0 Å². The van der Waals surface area contributed by atoms with Gasteiger partial charge in [0.15, 0.2) is 0 Å². The van der Waals surface area contributed by atoms with Gasteiger partial charge in [-0.2, -0.15) is 0 Å². The second-order valence-corrected chi connectivity index (χ2v) is 5.96. The van der Waals surface area contributed by atoms with Gasteiger partial charge in [-0.1, -0.05) is 20.8 Å². The number of hydrogen-bond acceptors (Lipinski definition) is 2. The Morgan fingerprint density at radius 3 is 2.38 bits per heavy atom. The first-order valence-corrected chi connectivity index (χ1v) is 7.07. The zero-order chi connectivity index (χ0) is 11.9. The molecule has 1 rings (SSSR count). The fourth-order valence-electron chi connectivity index (χ4n) is 2.27. The van der Waals surface area contributed by atoms with Gasteiger partial charge in [0.05, 0.1) is 0 Å². The molecule has 16 heavy (non-hydrogen) atoms. The molecule has 0 aromatic heterocycles. The first-order valence-electron chi connectivity index (χ1n) is 7.07. The Balaban J connectivity index is 1.94. The molecule has 0 radical (unpaired) electrons. The predicted octanol–water partition coefficient (Wildman–Crippen LogP) is 2.89. The van der Waals surface area contributed by atoms with Gasteiger partial charge < -0.3 is 10.2 Å². The van der Waals surface area contributed by atoms with Crippen molar-refractivity contribution < 1.29 is 0 Å². The summed E-state index contributed by atoms with van der Waals surface area (Å²) in [7, 11) is 0. The molecule has 1 aliphatic heterocycles. The number of hydrogen-bond donors (Lipinski definition) is 1. The Morgan fingerprint density at radius 1 is 1.06 bits per heavy atom. The summed E-state index contributed by atoms with van der Waals surface area (Å²) in [5.74, 6) is 0. The highest BCUT2D eigenvalue weighted by Gasteiger charge is 2.24. The van der Waals surface area contributed by atoms with Crippen LogP contribution in [0.1, 0.15) is 52.9 Å². The molecule has 0 atom stereocenters. The van der Waals surface area contributed by atoms with E-state index in [-0.39, 0.29) is 0 Å². The monoisotopic (exact) mass is 226 g/mol. The van der Waals surface area contributed by atoms with Crippen LogP contribution in [0.25, 0.3) is 0 Å². The molecule has 0 aromatic rings. The topological polar surface area (TPSA) is 15.3 Å². The van der Waals surface area contributed by atoms with E-state index in [9.17, 15) is 0 Å². The summed E-state index contributed by atoms with van der Waals surface area (Å²) in [4.78, 5) is 2.64. The van der Waals surface area contributed by atoms with Gasteiger partial charge in [-0.05, 0) is 70.2 Å². The van der Waals surface area contributed by atoms with Crippen molar-refractivity contribution in [3.05, 3.63) is 0 Å². The molecule has 0 aliphatic carbocycles. The minimum absolute atomic E-state index is 0.596. The van der Waals surface area contributed by atoms with E-state index in [1.165, 1.54) is 64.8 Å². The van der Waals surface area contributed by atoms with Crippen LogP contribution >= 0.6 is 0 Å². The molecule has 0 aromatic carbocycles. The summed E-state index contributed by atoms with van der Waals surface area (Å²) in [5.41, 5.74) is 0.596. The van der Waals surface area contributed by atoms with Crippen molar-refractivity contribution in [3.63, 3.8) is 0 Å². The Labute approximate surface area is 102 Å². The number of nitrogens with one attached hydrogen (secondary N) is 1. The van der Waals surface area contributed by atoms with Crippen molar-refractivity contribution >= 4 is 0 Å². The average molecular weight is 226 g/mol. The van der Waals surface area contributed by atoms with Crippen molar-refractivity contribution in [2.24, 2.45) is 5.41 Å². The summed E-state index contributed by atoms with van der Waals surface area (Å²) < 4.78 is 0. The van der Waals surface area contributed by atoms with Gasteiger partial charge in [-0.25, -0.2) is 0 Å². The van der Waals surface area contributed by atoms with Gasteiger partial charge >= 0.3 is 0 Å². The Bertz CT molecular complexity index is 168. The van der Waals surface area contributed by atoms with Crippen molar-refractivity contribution in [2.75, 3.05) is 32.7 Å². The van der Waals surface area contributed by atoms with Crippen molar-refractivity contribution in [2.45, 2.75) is 52.9 Å². The highest BCUT2D eigenvalue weighted by Crippen LogP contribution is 2.29. The maximum absolute atomic E-state index is 3.47. The van der Waals surface area contributed by atoms with Crippen LogP contribution in [0.5, 0.6) is 0 Å². The number of rotatable bonds is 7. The van der Waals surface area contributed by atoms with Crippen LogP contribution in [0.4, 0.5) is 0 Å². The van der Waals surface area contributed by atoms with Gasteiger partial charge in [-0.15, -0.1) is 0 Å². The lowest BCUT2D eigenvalue weighted by Gasteiger charge is -2.36. The van der Waals surface area contributed by atoms with Crippen LogP contribution in [0, 0.1) is 5.41 Å². The first kappa shape index (κ1) is 14.0. The summed E-state index contributed by atoms with van der Waals surface area (Å²) in [6, 6.07) is 0. The van der Waals surface area contributed by atoms with Gasteiger partial charge in [0.2, 0.25) is 0 Å². The van der Waals surface area contributed by atoms with Crippen molar-refractivity contribution in [1.82, 2.24) is 10.2 Å². The molecule has 1 N–H and O–H groups in total. The zero-order valence-corrected chi connectivity index (χ0v) is 11.5. The fraction of sp³-hybridized carbons (Fsp3) is 1.00. The quantitative estimate of drug-likeness (QED) is 0.672. The van der Waals surface area contributed by atoms with E-state index in [1.54, 1.807) is 0 Å². The summed E-state index contributed by atoms with van der Waals surface area (Å²) in [5, 5.41) is 3.47. The van der Waals surface area contributed by atoms with Crippen LogP contribution in [-0.4, -0.2) is 37.6 Å². The van der Waals surface area contributed by atoms with E-state index in [1.807, 2.05) is 0 Å². The van der Waals surface area contributed by atoms with Crippen LogP contribution < -0.4 is 5.32 Å². The SMILES string of the molecule is CCCNCCCCN1CCC(C)(C)CC1. The van der Waals surface area contributed by atoms with Crippen LogP contribution in [0.15, 0.2) is 0 Å². The van der Waals surface area contributed by atoms with Crippen LogP contribution in [-0.2, 0) is 0 Å². The van der Waals surface area contributed by atoms with Gasteiger partial charge in [-0.3, -0.25) is 0 Å². The first-order chi connectivity index (χ1) is 7.64. The second kappa shape index (κ2) is 7.29. The van der Waals surface area contributed by atoms with E-state index in [4.69, 9.17) is 0 Å². The molecular formula is C14H30N2. The molecule has 0 saturated carbocycles. The van der Waals surface area contributed by atoms with Gasteiger partial charge in [0.25, 0.3) is 0 Å². The molecule has 1 aliphatic rings. The third kappa shape index (κ3) is 5.86. The summed E-state index contributed by atoms with van der Waals surface area (Å²) >= 11 is 0. The molecule has 2 heteroatoms. The smallest absolute Gasteiger partial charge is 0.00136 e. The minimum atomic E-state index is 0.596. The highest BCUT2D eigenvalue weighted by molar-refractivity contribution is 4.78.